The van der Waals surface area contributed by atoms with Crippen LogP contribution in [-0.2, 0) is 16.0 Å². The van der Waals surface area contributed by atoms with Gasteiger partial charge in [-0.05, 0) is 17.7 Å². The van der Waals surface area contributed by atoms with E-state index in [9.17, 15) is 4.79 Å². The number of hydrogen-bond donors (Lipinski definition) is 2. The summed E-state index contributed by atoms with van der Waals surface area (Å²) in [6.07, 6.45) is 4.92. The molecule has 15 heavy (non-hydrogen) atoms. The molecule has 0 aliphatic carbocycles. The summed E-state index contributed by atoms with van der Waals surface area (Å²) in [6, 6.07) is 4.12. The number of hydrogen-bond acceptors (Lipinski definition) is 4. The summed E-state index contributed by atoms with van der Waals surface area (Å²) in [7, 11) is 0. The number of ether oxygens (including phenoxy) is 1. The molecule has 0 saturated carbocycles. The molecule has 78 valence electrons. The van der Waals surface area contributed by atoms with Gasteiger partial charge in [0, 0.05) is 0 Å². The lowest BCUT2D eigenvalue weighted by atomic mass is 10.1. The Morgan fingerprint density at radius 3 is 2.73 bits per heavy atom. The second kappa shape index (κ2) is 4.91. The molecule has 0 bridgehead atoms. The highest BCUT2D eigenvalue weighted by Crippen LogP contribution is 2.24. The smallest absolute Gasteiger partial charge is 0.311 e. The average Bonchev–Trinajstić information content (AvgIpc) is 2.20. The van der Waals surface area contributed by atoms with Crippen molar-refractivity contribution >= 4 is 5.97 Å². The van der Waals surface area contributed by atoms with E-state index in [2.05, 4.69) is 10.7 Å². The molecule has 0 radical (unpaired) electrons. The van der Waals surface area contributed by atoms with Crippen LogP contribution in [0.3, 0.4) is 0 Å². The highest BCUT2D eigenvalue weighted by atomic mass is 16.5. The first-order valence-corrected chi connectivity index (χ1v) is 4.23. The summed E-state index contributed by atoms with van der Waals surface area (Å²) >= 11 is 0. The van der Waals surface area contributed by atoms with Gasteiger partial charge in [-0.15, -0.1) is 6.42 Å². The first-order valence-electron chi connectivity index (χ1n) is 4.23. The molecule has 0 fully saturated rings. The van der Waals surface area contributed by atoms with E-state index >= 15 is 0 Å². The Hall–Kier alpha value is -2.15. The summed E-state index contributed by atoms with van der Waals surface area (Å²) in [4.78, 5) is 11.1. The van der Waals surface area contributed by atoms with Crippen LogP contribution in [0.25, 0.3) is 0 Å². The Balaban J connectivity index is 2.62. The molecule has 1 aromatic carbocycles. The second-order valence-electron chi connectivity index (χ2n) is 2.86. The number of terminal acetylenes is 1. The van der Waals surface area contributed by atoms with E-state index < -0.39 is 5.97 Å². The number of carbonyl (C=O) groups is 1. The fourth-order valence-corrected chi connectivity index (χ4v) is 1.02. The van der Waals surface area contributed by atoms with Crippen LogP contribution in [0.2, 0.25) is 0 Å². The standard InChI is InChI=1S/C11H10O4/c1-2-5-15-11(14)7-8-3-4-9(12)10(13)6-8/h1,3-4,6,12-13H,5,7H2. The summed E-state index contributed by atoms with van der Waals surface area (Å²) < 4.78 is 4.65. The van der Waals surface area contributed by atoms with Crippen LogP contribution in [0, 0.1) is 12.3 Å². The van der Waals surface area contributed by atoms with Crippen molar-refractivity contribution in [1.82, 2.24) is 0 Å². The van der Waals surface area contributed by atoms with Crippen molar-refractivity contribution in [3.63, 3.8) is 0 Å². The number of phenolic OH excluding ortho intramolecular Hbond substituents is 2. The van der Waals surface area contributed by atoms with Gasteiger partial charge >= 0.3 is 5.97 Å². The molecular formula is C11H10O4. The van der Waals surface area contributed by atoms with E-state index in [4.69, 9.17) is 16.6 Å². The molecule has 0 aromatic heterocycles. The molecular weight excluding hydrogens is 196 g/mol. The molecule has 0 saturated heterocycles. The fraction of sp³-hybridized carbons (Fsp3) is 0.182. The number of esters is 1. The van der Waals surface area contributed by atoms with Gasteiger partial charge in [-0.3, -0.25) is 4.79 Å². The van der Waals surface area contributed by atoms with Crippen molar-refractivity contribution in [3.8, 4) is 23.8 Å². The second-order valence-corrected chi connectivity index (χ2v) is 2.86. The lowest BCUT2D eigenvalue weighted by molar-refractivity contribution is -0.141. The summed E-state index contributed by atoms with van der Waals surface area (Å²) in [5, 5.41) is 18.2. The van der Waals surface area contributed by atoms with E-state index in [0.29, 0.717) is 5.56 Å². The van der Waals surface area contributed by atoms with E-state index in [-0.39, 0.29) is 24.5 Å². The van der Waals surface area contributed by atoms with E-state index in [1.54, 1.807) is 0 Å². The van der Waals surface area contributed by atoms with Gasteiger partial charge in [-0.1, -0.05) is 12.0 Å². The third kappa shape index (κ3) is 3.24. The Bertz CT molecular complexity index is 404. The minimum Gasteiger partial charge on any atom is -0.504 e. The topological polar surface area (TPSA) is 66.8 Å². The van der Waals surface area contributed by atoms with Gasteiger partial charge in [-0.25, -0.2) is 0 Å². The number of carbonyl (C=O) groups excluding carboxylic acids is 1. The Labute approximate surface area is 87.1 Å². The number of benzene rings is 1. The molecule has 0 heterocycles. The maximum absolute atomic E-state index is 11.1. The largest absolute Gasteiger partial charge is 0.504 e. The van der Waals surface area contributed by atoms with Crippen LogP contribution in [0.1, 0.15) is 5.56 Å². The SMILES string of the molecule is C#CCOC(=O)Cc1ccc(O)c(O)c1. The van der Waals surface area contributed by atoms with Crippen molar-refractivity contribution in [3.05, 3.63) is 23.8 Å². The van der Waals surface area contributed by atoms with Gasteiger partial charge in [0.15, 0.2) is 18.1 Å². The quantitative estimate of drug-likeness (QED) is 0.436. The third-order valence-corrected chi connectivity index (χ3v) is 1.70. The predicted octanol–water partition coefficient (Wildman–Crippen LogP) is 0.817. The summed E-state index contributed by atoms with van der Waals surface area (Å²) in [6.45, 7) is -0.0666. The van der Waals surface area contributed by atoms with Crippen molar-refractivity contribution in [2.45, 2.75) is 6.42 Å². The molecule has 0 unspecified atom stereocenters. The molecule has 0 aliphatic heterocycles. The highest BCUT2D eigenvalue weighted by molar-refractivity contribution is 5.73. The zero-order valence-corrected chi connectivity index (χ0v) is 7.93. The first-order chi connectivity index (χ1) is 7.13. The zero-order chi connectivity index (χ0) is 11.3. The van der Waals surface area contributed by atoms with E-state index in [1.807, 2.05) is 0 Å². The van der Waals surface area contributed by atoms with Crippen LogP contribution >= 0.6 is 0 Å². The van der Waals surface area contributed by atoms with Crippen LogP contribution in [0.5, 0.6) is 11.5 Å². The van der Waals surface area contributed by atoms with Gasteiger partial charge in [0.05, 0.1) is 6.42 Å². The normalized spacial score (nSPS) is 9.27. The average molecular weight is 206 g/mol. The molecule has 1 aromatic rings. The predicted molar refractivity (Wildman–Crippen MR) is 53.3 cm³/mol. The van der Waals surface area contributed by atoms with Gasteiger partial charge in [0.25, 0.3) is 0 Å². The maximum Gasteiger partial charge on any atom is 0.311 e. The number of aromatic hydroxyl groups is 2. The molecule has 0 spiro atoms. The summed E-state index contributed by atoms with van der Waals surface area (Å²) in [5.74, 6) is 1.21. The minimum absolute atomic E-state index is 0.00944. The van der Waals surface area contributed by atoms with Gasteiger partial charge in [0.1, 0.15) is 0 Å². The third-order valence-electron chi connectivity index (χ3n) is 1.70. The maximum atomic E-state index is 11.1. The molecule has 0 amide bonds. The first kappa shape index (κ1) is 10.9. The molecule has 4 nitrogen and oxygen atoms in total. The molecule has 2 N–H and O–H groups in total. The van der Waals surface area contributed by atoms with Gasteiger partial charge in [0.2, 0.25) is 0 Å². The van der Waals surface area contributed by atoms with Crippen LogP contribution in [-0.4, -0.2) is 22.8 Å². The van der Waals surface area contributed by atoms with Crippen LogP contribution in [0.15, 0.2) is 18.2 Å². The van der Waals surface area contributed by atoms with Crippen molar-refractivity contribution in [2.75, 3.05) is 6.61 Å². The van der Waals surface area contributed by atoms with E-state index in [1.165, 1.54) is 18.2 Å². The number of phenols is 2. The van der Waals surface area contributed by atoms with Crippen molar-refractivity contribution in [1.29, 1.82) is 0 Å². The lowest BCUT2D eigenvalue weighted by Crippen LogP contribution is -2.07. The fourth-order valence-electron chi connectivity index (χ4n) is 1.02. The van der Waals surface area contributed by atoms with Crippen LogP contribution < -0.4 is 0 Å². The molecule has 1 rings (SSSR count). The van der Waals surface area contributed by atoms with Gasteiger partial charge in [-0.2, -0.15) is 0 Å². The van der Waals surface area contributed by atoms with Crippen molar-refractivity contribution < 1.29 is 19.7 Å². The Morgan fingerprint density at radius 2 is 2.13 bits per heavy atom. The summed E-state index contributed by atoms with van der Waals surface area (Å²) in [5.41, 5.74) is 0.548. The Kier molecular flexibility index (Phi) is 3.58. The molecule has 0 atom stereocenters. The highest BCUT2D eigenvalue weighted by Gasteiger charge is 2.06. The number of rotatable bonds is 3. The van der Waals surface area contributed by atoms with E-state index in [0.717, 1.165) is 0 Å². The monoisotopic (exact) mass is 206 g/mol. The lowest BCUT2D eigenvalue weighted by Gasteiger charge is -2.03. The van der Waals surface area contributed by atoms with Gasteiger partial charge < -0.3 is 14.9 Å². The minimum atomic E-state index is -0.474. The molecule has 0 aliphatic rings. The zero-order valence-electron chi connectivity index (χ0n) is 7.93. The Morgan fingerprint density at radius 1 is 1.40 bits per heavy atom. The van der Waals surface area contributed by atoms with Crippen LogP contribution in [0.4, 0.5) is 0 Å². The van der Waals surface area contributed by atoms with Crippen molar-refractivity contribution in [2.24, 2.45) is 0 Å². The molecule has 4 heteroatoms.